The average molecular weight is 287 g/mol. The highest BCUT2D eigenvalue weighted by atomic mass is 16.6. The van der Waals surface area contributed by atoms with E-state index in [1.54, 1.807) is 12.1 Å². The zero-order valence-corrected chi connectivity index (χ0v) is 11.3. The summed E-state index contributed by atoms with van der Waals surface area (Å²) in [5, 5.41) is 11.1. The van der Waals surface area contributed by atoms with Gasteiger partial charge in [-0.3, -0.25) is 19.7 Å². The number of para-hydroxylation sites is 1. The number of nitrogens with one attached hydrogen (secondary N) is 2. The highest BCUT2D eigenvalue weighted by Crippen LogP contribution is 2.17. The van der Waals surface area contributed by atoms with Crippen LogP contribution in [0.2, 0.25) is 0 Å². The van der Waals surface area contributed by atoms with Crippen molar-refractivity contribution in [2.24, 2.45) is 0 Å². The van der Waals surface area contributed by atoms with Crippen LogP contribution >= 0.6 is 0 Å². The lowest BCUT2D eigenvalue weighted by Crippen LogP contribution is -2.46. The Hall–Kier alpha value is -2.96. The lowest BCUT2D eigenvalue weighted by molar-refractivity contribution is -0.385. The monoisotopic (exact) mass is 287 g/mol. The van der Waals surface area contributed by atoms with E-state index in [1.807, 2.05) is 6.92 Å². The minimum atomic E-state index is -0.544. The predicted molar refractivity (Wildman–Crippen MR) is 78.4 cm³/mol. The van der Waals surface area contributed by atoms with Crippen LogP contribution in [0.25, 0.3) is 12.2 Å². The molecule has 1 heterocycles. The van der Waals surface area contributed by atoms with Gasteiger partial charge in [0.2, 0.25) is 0 Å². The molecule has 1 aromatic heterocycles. The second kappa shape index (κ2) is 6.00. The minimum Gasteiger partial charge on any atom is -0.316 e. The lowest BCUT2D eigenvalue weighted by atomic mass is 10.1. The quantitative estimate of drug-likeness (QED) is 0.611. The standard InChI is InChI=1S/C14H13N3O4/c1-2-5-10-13(18)16-11(14(19)15-10)8-9-6-3-4-7-12(9)17(20)21/h3-8H,2H2,1H3,(H,15,19)(H,16,18)/b10-5+,11-8-. The summed E-state index contributed by atoms with van der Waals surface area (Å²) >= 11 is 0. The van der Waals surface area contributed by atoms with Crippen LogP contribution in [0.15, 0.2) is 33.9 Å². The summed E-state index contributed by atoms with van der Waals surface area (Å²) in [7, 11) is 0. The molecule has 2 aromatic rings. The fourth-order valence-corrected chi connectivity index (χ4v) is 1.87. The Kier molecular flexibility index (Phi) is 4.13. The van der Waals surface area contributed by atoms with E-state index in [-0.39, 0.29) is 21.9 Å². The summed E-state index contributed by atoms with van der Waals surface area (Å²) in [5.41, 5.74) is -0.841. The number of hydrogen-bond donors (Lipinski definition) is 2. The van der Waals surface area contributed by atoms with Crippen LogP contribution in [0, 0.1) is 10.1 Å². The van der Waals surface area contributed by atoms with Gasteiger partial charge < -0.3 is 9.97 Å². The molecule has 0 fully saturated rings. The first-order valence-electron chi connectivity index (χ1n) is 6.31. The molecule has 0 aliphatic heterocycles. The van der Waals surface area contributed by atoms with Crippen molar-refractivity contribution in [1.82, 2.24) is 9.97 Å². The average Bonchev–Trinajstić information content (AvgIpc) is 2.45. The molecule has 21 heavy (non-hydrogen) atoms. The van der Waals surface area contributed by atoms with Crippen molar-refractivity contribution in [2.45, 2.75) is 13.3 Å². The molecule has 2 rings (SSSR count). The molecule has 7 nitrogen and oxygen atoms in total. The third-order valence-electron chi connectivity index (χ3n) is 2.83. The molecule has 0 amide bonds. The van der Waals surface area contributed by atoms with E-state index in [4.69, 9.17) is 0 Å². The van der Waals surface area contributed by atoms with Crippen LogP contribution in [-0.2, 0) is 0 Å². The van der Waals surface area contributed by atoms with Gasteiger partial charge in [0.15, 0.2) is 0 Å². The lowest BCUT2D eigenvalue weighted by Gasteiger charge is -1.96. The Labute approximate surface area is 118 Å². The van der Waals surface area contributed by atoms with Crippen LogP contribution in [0.5, 0.6) is 0 Å². The predicted octanol–water partition coefficient (Wildman–Crippen LogP) is -0.00930. The molecule has 108 valence electrons. The SMILES string of the molecule is CC/C=c1/[nH]c(=O)/c(=C/c2ccccc2[N+](=O)[O-])[nH]c1=O. The second-order valence-corrected chi connectivity index (χ2v) is 4.31. The maximum atomic E-state index is 11.9. The van der Waals surface area contributed by atoms with E-state index in [0.29, 0.717) is 6.42 Å². The molecule has 0 aliphatic carbocycles. The van der Waals surface area contributed by atoms with Crippen LogP contribution in [-0.4, -0.2) is 14.9 Å². The van der Waals surface area contributed by atoms with Gasteiger partial charge in [0.1, 0.15) is 10.7 Å². The fourth-order valence-electron chi connectivity index (χ4n) is 1.87. The van der Waals surface area contributed by atoms with E-state index in [9.17, 15) is 19.7 Å². The van der Waals surface area contributed by atoms with Gasteiger partial charge >= 0.3 is 0 Å². The number of nitrogens with zero attached hydrogens (tertiary/aromatic N) is 1. The maximum Gasteiger partial charge on any atom is 0.276 e. The van der Waals surface area contributed by atoms with Gasteiger partial charge in [-0.15, -0.1) is 0 Å². The van der Waals surface area contributed by atoms with Crippen LogP contribution < -0.4 is 21.8 Å². The largest absolute Gasteiger partial charge is 0.316 e. The van der Waals surface area contributed by atoms with Gasteiger partial charge in [-0.1, -0.05) is 25.1 Å². The van der Waals surface area contributed by atoms with Crippen molar-refractivity contribution >= 4 is 17.8 Å². The number of aromatic nitrogens is 2. The Balaban J connectivity index is 2.72. The highest BCUT2D eigenvalue weighted by Gasteiger charge is 2.10. The number of rotatable bonds is 3. The molecule has 0 saturated carbocycles. The molecular formula is C14H13N3O4. The Morgan fingerprint density at radius 2 is 1.76 bits per heavy atom. The summed E-state index contributed by atoms with van der Waals surface area (Å²) in [4.78, 5) is 39.0. The third kappa shape index (κ3) is 3.14. The molecule has 1 aromatic carbocycles. The first kappa shape index (κ1) is 14.4. The normalized spacial score (nSPS) is 12.6. The van der Waals surface area contributed by atoms with Crippen LogP contribution in [0.4, 0.5) is 5.69 Å². The molecule has 0 bridgehead atoms. The molecule has 7 heteroatoms. The maximum absolute atomic E-state index is 11.9. The number of nitro groups is 1. The molecular weight excluding hydrogens is 274 g/mol. The topological polar surface area (TPSA) is 109 Å². The number of hydrogen-bond acceptors (Lipinski definition) is 4. The minimum absolute atomic E-state index is 0.0254. The highest BCUT2D eigenvalue weighted by molar-refractivity contribution is 5.59. The summed E-state index contributed by atoms with van der Waals surface area (Å²) in [6.07, 6.45) is 3.48. The van der Waals surface area contributed by atoms with Crippen LogP contribution in [0.1, 0.15) is 18.9 Å². The molecule has 0 spiro atoms. The van der Waals surface area contributed by atoms with Crippen LogP contribution in [0.3, 0.4) is 0 Å². The molecule has 0 atom stereocenters. The third-order valence-corrected chi connectivity index (χ3v) is 2.83. The van der Waals surface area contributed by atoms with E-state index in [1.165, 1.54) is 24.3 Å². The summed E-state index contributed by atoms with van der Waals surface area (Å²) in [6.45, 7) is 1.84. The van der Waals surface area contributed by atoms with Gasteiger partial charge in [0, 0.05) is 6.07 Å². The fraction of sp³-hybridized carbons (Fsp3) is 0.143. The molecule has 0 aliphatic rings. The first-order valence-corrected chi connectivity index (χ1v) is 6.31. The molecule has 0 radical (unpaired) electrons. The van der Waals surface area contributed by atoms with Gasteiger partial charge in [-0.25, -0.2) is 0 Å². The number of nitro benzene ring substituents is 1. The van der Waals surface area contributed by atoms with Crippen molar-refractivity contribution in [3.05, 3.63) is 71.3 Å². The summed E-state index contributed by atoms with van der Waals surface area (Å²) in [5.74, 6) is 0. The Morgan fingerprint density at radius 3 is 2.43 bits per heavy atom. The van der Waals surface area contributed by atoms with Crippen molar-refractivity contribution < 1.29 is 4.92 Å². The number of aromatic amines is 2. The summed E-state index contributed by atoms with van der Waals surface area (Å²) in [6, 6.07) is 5.98. The van der Waals surface area contributed by atoms with Crippen molar-refractivity contribution in [3.8, 4) is 0 Å². The number of H-pyrrole nitrogens is 2. The smallest absolute Gasteiger partial charge is 0.276 e. The zero-order valence-electron chi connectivity index (χ0n) is 11.3. The Bertz CT molecular complexity index is 909. The molecule has 0 saturated heterocycles. The van der Waals surface area contributed by atoms with E-state index < -0.39 is 16.0 Å². The number of benzene rings is 1. The van der Waals surface area contributed by atoms with Gasteiger partial charge in [-0.05, 0) is 18.6 Å². The van der Waals surface area contributed by atoms with E-state index in [2.05, 4.69) is 9.97 Å². The first-order chi connectivity index (χ1) is 10.0. The van der Waals surface area contributed by atoms with E-state index in [0.717, 1.165) is 0 Å². The zero-order chi connectivity index (χ0) is 15.4. The molecule has 2 N–H and O–H groups in total. The Morgan fingerprint density at radius 1 is 1.14 bits per heavy atom. The van der Waals surface area contributed by atoms with Crippen molar-refractivity contribution in [1.29, 1.82) is 0 Å². The van der Waals surface area contributed by atoms with Gasteiger partial charge in [0.25, 0.3) is 16.8 Å². The summed E-state index contributed by atoms with van der Waals surface area (Å²) < 4.78 is 0. The van der Waals surface area contributed by atoms with Gasteiger partial charge in [-0.2, -0.15) is 0 Å². The van der Waals surface area contributed by atoms with E-state index >= 15 is 0 Å². The van der Waals surface area contributed by atoms with Crippen molar-refractivity contribution in [3.63, 3.8) is 0 Å². The second-order valence-electron chi connectivity index (χ2n) is 4.31. The van der Waals surface area contributed by atoms with Gasteiger partial charge in [0.05, 0.1) is 10.5 Å². The molecule has 0 unspecified atom stereocenters. The van der Waals surface area contributed by atoms with Crippen molar-refractivity contribution in [2.75, 3.05) is 0 Å².